The topological polar surface area (TPSA) is 75.7 Å². The van der Waals surface area contributed by atoms with Gasteiger partial charge in [-0.15, -0.1) is 0 Å². The van der Waals surface area contributed by atoms with Crippen LogP contribution in [0.3, 0.4) is 0 Å². The van der Waals surface area contributed by atoms with E-state index in [2.05, 4.69) is 19.2 Å². The van der Waals surface area contributed by atoms with E-state index in [9.17, 15) is 13.2 Å². The van der Waals surface area contributed by atoms with Crippen LogP contribution in [-0.2, 0) is 21.2 Å². The van der Waals surface area contributed by atoms with Crippen LogP contribution in [0.15, 0.2) is 41.3 Å². The number of nitrogens with zero attached hydrogens (tertiary/aromatic N) is 1. The zero-order chi connectivity index (χ0) is 21.8. The van der Waals surface area contributed by atoms with Crippen molar-refractivity contribution >= 4 is 21.6 Å². The number of aryl methyl sites for hydroxylation is 2. The van der Waals surface area contributed by atoms with E-state index >= 15 is 0 Å². The van der Waals surface area contributed by atoms with Crippen molar-refractivity contribution in [3.8, 4) is 5.75 Å². The van der Waals surface area contributed by atoms with Crippen LogP contribution in [0.5, 0.6) is 5.75 Å². The minimum absolute atomic E-state index is 0.121. The van der Waals surface area contributed by atoms with Gasteiger partial charge in [0, 0.05) is 26.2 Å². The van der Waals surface area contributed by atoms with Gasteiger partial charge in [0.15, 0.2) is 0 Å². The molecule has 0 saturated heterocycles. The molecule has 0 aliphatic rings. The number of carbonyl (C=O) groups is 1. The lowest BCUT2D eigenvalue weighted by Crippen LogP contribution is -2.22. The van der Waals surface area contributed by atoms with Crippen LogP contribution in [0, 0.1) is 6.92 Å². The molecule has 0 aliphatic carbocycles. The monoisotopic (exact) mass is 418 g/mol. The van der Waals surface area contributed by atoms with E-state index in [0.717, 1.165) is 21.1 Å². The summed E-state index contributed by atoms with van der Waals surface area (Å²) in [6.45, 7) is 6.15. The SMILES string of the molecule is COc1ccc(S(=O)(=O)N(C)C)cc1CCC(=O)Nc1c(C)cccc1C(C)C. The molecule has 0 spiro atoms. The molecule has 0 atom stereocenters. The molecule has 0 saturated carbocycles. The lowest BCUT2D eigenvalue weighted by Gasteiger charge is -2.17. The number of ether oxygens (including phenoxy) is 1. The van der Waals surface area contributed by atoms with Gasteiger partial charge in [0.05, 0.1) is 12.0 Å². The van der Waals surface area contributed by atoms with Gasteiger partial charge in [-0.1, -0.05) is 32.0 Å². The Labute approximate surface area is 173 Å². The number of carbonyl (C=O) groups excluding carboxylic acids is 1. The second-order valence-corrected chi connectivity index (χ2v) is 9.65. The summed E-state index contributed by atoms with van der Waals surface area (Å²) < 4.78 is 31.3. The minimum Gasteiger partial charge on any atom is -0.496 e. The van der Waals surface area contributed by atoms with Gasteiger partial charge in [-0.25, -0.2) is 12.7 Å². The molecule has 158 valence electrons. The molecule has 0 aromatic heterocycles. The highest BCUT2D eigenvalue weighted by Gasteiger charge is 2.19. The predicted octanol–water partition coefficient (Wildman–Crippen LogP) is 3.95. The molecule has 1 N–H and O–H groups in total. The van der Waals surface area contributed by atoms with Crippen molar-refractivity contribution in [2.24, 2.45) is 0 Å². The quantitative estimate of drug-likeness (QED) is 0.704. The summed E-state index contributed by atoms with van der Waals surface area (Å²) in [5.41, 5.74) is 3.64. The number of sulfonamides is 1. The first-order chi connectivity index (χ1) is 13.6. The molecule has 0 heterocycles. The average Bonchev–Trinajstić information content (AvgIpc) is 2.67. The van der Waals surface area contributed by atoms with E-state index in [-0.39, 0.29) is 17.2 Å². The zero-order valence-corrected chi connectivity index (χ0v) is 18.8. The highest BCUT2D eigenvalue weighted by atomic mass is 32.2. The smallest absolute Gasteiger partial charge is 0.242 e. The second kappa shape index (κ2) is 9.41. The van der Waals surface area contributed by atoms with Crippen LogP contribution in [0.2, 0.25) is 0 Å². The summed E-state index contributed by atoms with van der Waals surface area (Å²) >= 11 is 0. The lowest BCUT2D eigenvalue weighted by molar-refractivity contribution is -0.116. The van der Waals surface area contributed by atoms with Crippen molar-refractivity contribution < 1.29 is 17.9 Å². The van der Waals surface area contributed by atoms with Crippen molar-refractivity contribution in [2.75, 3.05) is 26.5 Å². The molecular weight excluding hydrogens is 388 g/mol. The normalized spacial score (nSPS) is 11.7. The summed E-state index contributed by atoms with van der Waals surface area (Å²) in [5, 5.41) is 3.02. The van der Waals surface area contributed by atoms with Gasteiger partial charge >= 0.3 is 0 Å². The number of rotatable bonds is 8. The maximum Gasteiger partial charge on any atom is 0.242 e. The van der Waals surface area contributed by atoms with Crippen molar-refractivity contribution in [1.29, 1.82) is 0 Å². The van der Waals surface area contributed by atoms with Crippen molar-refractivity contribution in [2.45, 2.75) is 44.4 Å². The Hall–Kier alpha value is -2.38. The Morgan fingerprint density at radius 3 is 2.45 bits per heavy atom. The van der Waals surface area contributed by atoms with Gasteiger partial charge in [-0.2, -0.15) is 0 Å². The molecule has 0 fully saturated rings. The molecule has 0 radical (unpaired) electrons. The summed E-state index contributed by atoms with van der Waals surface area (Å²) in [6.07, 6.45) is 0.586. The number of nitrogens with one attached hydrogen (secondary N) is 1. The Morgan fingerprint density at radius 1 is 1.17 bits per heavy atom. The lowest BCUT2D eigenvalue weighted by atomic mass is 9.98. The van der Waals surface area contributed by atoms with E-state index in [1.807, 2.05) is 25.1 Å². The first-order valence-corrected chi connectivity index (χ1v) is 11.0. The van der Waals surface area contributed by atoms with E-state index in [4.69, 9.17) is 4.74 Å². The van der Waals surface area contributed by atoms with Crippen LogP contribution in [0.25, 0.3) is 0 Å². The van der Waals surface area contributed by atoms with Crippen LogP contribution < -0.4 is 10.1 Å². The summed E-state index contributed by atoms with van der Waals surface area (Å²) in [7, 11) is 0.949. The second-order valence-electron chi connectivity index (χ2n) is 7.50. The number of amides is 1. The van der Waals surface area contributed by atoms with Gasteiger partial charge < -0.3 is 10.1 Å². The van der Waals surface area contributed by atoms with E-state index < -0.39 is 10.0 Å². The minimum atomic E-state index is -3.56. The van der Waals surface area contributed by atoms with Gasteiger partial charge in [0.2, 0.25) is 15.9 Å². The summed E-state index contributed by atoms with van der Waals surface area (Å²) in [6, 6.07) is 10.7. The molecule has 0 bridgehead atoms. The highest BCUT2D eigenvalue weighted by molar-refractivity contribution is 7.89. The molecule has 1 amide bonds. The highest BCUT2D eigenvalue weighted by Crippen LogP contribution is 2.28. The maximum absolute atomic E-state index is 12.6. The average molecular weight is 419 g/mol. The number of anilines is 1. The number of hydrogen-bond donors (Lipinski definition) is 1. The molecule has 0 aliphatic heterocycles. The van der Waals surface area contributed by atoms with E-state index in [1.165, 1.54) is 27.3 Å². The molecule has 6 nitrogen and oxygen atoms in total. The fraction of sp³-hybridized carbons (Fsp3) is 0.409. The fourth-order valence-corrected chi connectivity index (χ4v) is 4.07. The van der Waals surface area contributed by atoms with Crippen molar-refractivity contribution in [3.63, 3.8) is 0 Å². The van der Waals surface area contributed by atoms with Gasteiger partial charge in [-0.3, -0.25) is 4.79 Å². The first kappa shape index (κ1) is 22.9. The fourth-order valence-electron chi connectivity index (χ4n) is 3.11. The van der Waals surface area contributed by atoms with Crippen molar-refractivity contribution in [3.05, 3.63) is 53.1 Å². The predicted molar refractivity (Wildman–Crippen MR) is 116 cm³/mol. The molecule has 2 rings (SSSR count). The largest absolute Gasteiger partial charge is 0.496 e. The van der Waals surface area contributed by atoms with E-state index in [0.29, 0.717) is 23.7 Å². The van der Waals surface area contributed by atoms with Crippen molar-refractivity contribution in [1.82, 2.24) is 4.31 Å². The van der Waals surface area contributed by atoms with Crippen LogP contribution >= 0.6 is 0 Å². The molecule has 2 aromatic rings. The molecule has 29 heavy (non-hydrogen) atoms. The Kier molecular flexibility index (Phi) is 7.43. The Morgan fingerprint density at radius 2 is 1.86 bits per heavy atom. The molecular formula is C22H30N2O4S. The Bertz CT molecular complexity index is 982. The first-order valence-electron chi connectivity index (χ1n) is 9.56. The Balaban J connectivity index is 2.21. The molecule has 2 aromatic carbocycles. The number of hydrogen-bond acceptors (Lipinski definition) is 4. The van der Waals surface area contributed by atoms with Gasteiger partial charge in [0.1, 0.15) is 5.75 Å². The third-order valence-corrected chi connectivity index (χ3v) is 6.65. The van der Waals surface area contributed by atoms with Gasteiger partial charge in [0.25, 0.3) is 0 Å². The third kappa shape index (κ3) is 5.36. The van der Waals surface area contributed by atoms with Crippen LogP contribution in [0.1, 0.15) is 42.9 Å². The summed E-state index contributed by atoms with van der Waals surface area (Å²) in [4.78, 5) is 12.8. The van der Waals surface area contributed by atoms with Crippen LogP contribution in [-0.4, -0.2) is 39.8 Å². The summed E-state index contributed by atoms with van der Waals surface area (Å²) in [5.74, 6) is 0.733. The molecule has 7 heteroatoms. The van der Waals surface area contributed by atoms with Gasteiger partial charge in [-0.05, 0) is 54.2 Å². The third-order valence-electron chi connectivity index (χ3n) is 4.84. The van der Waals surface area contributed by atoms with E-state index in [1.54, 1.807) is 12.1 Å². The maximum atomic E-state index is 12.6. The molecule has 0 unspecified atom stereocenters. The number of para-hydroxylation sites is 1. The van der Waals surface area contributed by atoms with Crippen LogP contribution in [0.4, 0.5) is 5.69 Å². The standard InChI is InChI=1S/C22H30N2O4S/c1-15(2)19-9-7-8-16(3)22(19)23-21(25)13-10-17-14-18(11-12-20(17)28-6)29(26,27)24(4)5/h7-9,11-12,14-15H,10,13H2,1-6H3,(H,23,25). The zero-order valence-electron chi connectivity index (χ0n) is 17.9. The number of methoxy groups -OCH3 is 1. The number of benzene rings is 2.